The predicted molar refractivity (Wildman–Crippen MR) is 133 cm³/mol. The van der Waals surface area contributed by atoms with Crippen molar-refractivity contribution < 1.29 is 19.4 Å². The van der Waals surface area contributed by atoms with Gasteiger partial charge in [0.1, 0.15) is 0 Å². The monoisotopic (exact) mass is 500 g/mol. The fourth-order valence-electron chi connectivity index (χ4n) is 5.07. The van der Waals surface area contributed by atoms with Crippen LogP contribution in [0.1, 0.15) is 27.1 Å². The minimum absolute atomic E-state index is 0.0350. The molecule has 0 aromatic heterocycles. The van der Waals surface area contributed by atoms with E-state index < -0.39 is 21.7 Å². The largest absolute Gasteiger partial charge is 0.271 e. The lowest BCUT2D eigenvalue weighted by atomic mass is 9.74. The highest BCUT2D eigenvalue weighted by atomic mass is 16.6. The molecule has 1 fully saturated rings. The fraction of sp³-hybridized carbons (Fsp3) is 0.200. The Labute approximate surface area is 209 Å². The number of nitrogens with zero attached hydrogens (tertiary/aromatic N) is 4. The van der Waals surface area contributed by atoms with E-state index >= 15 is 0 Å². The van der Waals surface area contributed by atoms with E-state index in [1.807, 2.05) is 0 Å². The van der Waals surface area contributed by atoms with Crippen LogP contribution in [0.2, 0.25) is 0 Å². The molecule has 12 heteroatoms. The number of fused-ring (bicyclic) bond motifs is 5. The lowest BCUT2D eigenvalue weighted by molar-refractivity contribution is -0.385. The first-order valence-corrected chi connectivity index (χ1v) is 11.4. The van der Waals surface area contributed by atoms with Crippen LogP contribution in [0.25, 0.3) is 0 Å². The zero-order valence-corrected chi connectivity index (χ0v) is 19.2. The second kappa shape index (κ2) is 9.57. The molecule has 37 heavy (non-hydrogen) atoms. The van der Waals surface area contributed by atoms with Crippen molar-refractivity contribution >= 4 is 34.6 Å². The first-order valence-electron chi connectivity index (χ1n) is 11.4. The molecular formula is C25H20N6O6. The summed E-state index contributed by atoms with van der Waals surface area (Å²) in [6.45, 7) is 0. The average Bonchev–Trinajstić information content (AvgIpc) is 3.54. The van der Waals surface area contributed by atoms with E-state index in [1.54, 1.807) is 12.2 Å². The number of benzene rings is 2. The highest BCUT2D eigenvalue weighted by Gasteiger charge is 2.49. The lowest BCUT2D eigenvalue weighted by Gasteiger charge is -2.31. The van der Waals surface area contributed by atoms with Crippen LogP contribution in [0.4, 0.5) is 11.4 Å². The summed E-state index contributed by atoms with van der Waals surface area (Å²) in [6, 6.07) is 10.5. The Morgan fingerprint density at radius 2 is 1.08 bits per heavy atom. The normalized spacial score (nSPS) is 25.2. The number of carbonyl (C=O) groups excluding carboxylic acids is 2. The number of amides is 2. The highest BCUT2D eigenvalue weighted by molar-refractivity contribution is 6.13. The minimum Gasteiger partial charge on any atom is -0.267 e. The zero-order chi connectivity index (χ0) is 26.1. The molecule has 12 nitrogen and oxygen atoms in total. The van der Waals surface area contributed by atoms with Crippen LogP contribution in [-0.4, -0.2) is 33.1 Å². The number of allylic oxidation sites excluding steroid dienone is 4. The van der Waals surface area contributed by atoms with Crippen molar-refractivity contribution in [3.63, 3.8) is 0 Å². The van der Waals surface area contributed by atoms with Gasteiger partial charge in [0.15, 0.2) is 0 Å². The quantitative estimate of drug-likeness (QED) is 0.350. The van der Waals surface area contributed by atoms with E-state index in [9.17, 15) is 29.8 Å². The molecule has 3 aliphatic rings. The maximum absolute atomic E-state index is 12.5. The van der Waals surface area contributed by atoms with Gasteiger partial charge in [-0.15, -0.1) is 0 Å². The first kappa shape index (κ1) is 23.7. The van der Waals surface area contributed by atoms with E-state index in [-0.39, 0.29) is 46.2 Å². The van der Waals surface area contributed by atoms with E-state index in [0.717, 1.165) is 6.42 Å². The van der Waals surface area contributed by atoms with Crippen LogP contribution >= 0.6 is 0 Å². The van der Waals surface area contributed by atoms with Crippen LogP contribution < -0.4 is 10.9 Å². The van der Waals surface area contributed by atoms with Crippen molar-refractivity contribution in [2.75, 3.05) is 0 Å². The number of nitrogens with one attached hydrogen (secondary N) is 2. The van der Waals surface area contributed by atoms with Gasteiger partial charge in [-0.1, -0.05) is 12.2 Å². The third-order valence-corrected chi connectivity index (χ3v) is 6.82. The van der Waals surface area contributed by atoms with E-state index in [2.05, 4.69) is 33.2 Å². The summed E-state index contributed by atoms with van der Waals surface area (Å²) in [4.78, 5) is 45.6. The van der Waals surface area contributed by atoms with Gasteiger partial charge in [0.05, 0.1) is 21.3 Å². The average molecular weight is 500 g/mol. The predicted octanol–water partition coefficient (Wildman–Crippen LogP) is 3.38. The van der Waals surface area contributed by atoms with E-state index in [0.29, 0.717) is 11.4 Å². The molecule has 0 heterocycles. The van der Waals surface area contributed by atoms with Gasteiger partial charge in [-0.25, -0.2) is 10.9 Å². The highest BCUT2D eigenvalue weighted by Crippen LogP contribution is 2.50. The van der Waals surface area contributed by atoms with Crippen LogP contribution in [0, 0.1) is 43.9 Å². The number of nitro benzene ring substituents is 2. The van der Waals surface area contributed by atoms with Crippen molar-refractivity contribution in [1.82, 2.24) is 10.9 Å². The Morgan fingerprint density at radius 3 is 1.43 bits per heavy atom. The SMILES string of the molecule is O=C(N/N=C1C=C/C(=N\NC(=O)c2ccc([N+](=O)[O-])cc2)C2C3C=CC(C3)C\12)c1ccc([N+](=O)[O-])cc1. The molecule has 2 N–H and O–H groups in total. The molecule has 2 aromatic rings. The zero-order valence-electron chi connectivity index (χ0n) is 19.2. The maximum atomic E-state index is 12.5. The second-order valence-electron chi connectivity index (χ2n) is 8.90. The molecule has 1 saturated carbocycles. The summed E-state index contributed by atoms with van der Waals surface area (Å²) in [6.07, 6.45) is 8.67. The molecule has 4 atom stereocenters. The van der Waals surface area contributed by atoms with Crippen LogP contribution in [0.15, 0.2) is 83.0 Å². The molecule has 0 spiro atoms. The lowest BCUT2D eigenvalue weighted by Crippen LogP contribution is -2.37. The third kappa shape index (κ3) is 4.63. The summed E-state index contributed by atoms with van der Waals surface area (Å²) in [7, 11) is 0. The first-order chi connectivity index (χ1) is 17.8. The van der Waals surface area contributed by atoms with E-state index in [1.165, 1.54) is 48.5 Å². The Balaban J connectivity index is 1.32. The molecule has 0 saturated heterocycles. The molecule has 186 valence electrons. The van der Waals surface area contributed by atoms with Gasteiger partial charge in [0.25, 0.3) is 23.2 Å². The van der Waals surface area contributed by atoms with Crippen LogP contribution in [-0.2, 0) is 0 Å². The van der Waals surface area contributed by atoms with Crippen molar-refractivity contribution in [2.45, 2.75) is 6.42 Å². The maximum Gasteiger partial charge on any atom is 0.271 e. The Hall–Kier alpha value is -5.00. The minimum atomic E-state index is -0.537. The number of carbonyl (C=O) groups is 2. The van der Waals surface area contributed by atoms with Crippen molar-refractivity contribution in [3.05, 3.63) is 104 Å². The molecule has 2 bridgehead atoms. The number of hydrogen-bond donors (Lipinski definition) is 2. The molecule has 3 aliphatic carbocycles. The fourth-order valence-corrected chi connectivity index (χ4v) is 5.07. The topological polar surface area (TPSA) is 169 Å². The van der Waals surface area contributed by atoms with Gasteiger partial charge < -0.3 is 0 Å². The number of nitro groups is 2. The smallest absolute Gasteiger partial charge is 0.267 e. The van der Waals surface area contributed by atoms with Gasteiger partial charge in [-0.3, -0.25) is 29.8 Å². The number of rotatable bonds is 6. The summed E-state index contributed by atoms with van der Waals surface area (Å²) in [5, 5.41) is 30.3. The van der Waals surface area contributed by atoms with E-state index in [4.69, 9.17) is 0 Å². The number of hydrogen-bond acceptors (Lipinski definition) is 8. The Kier molecular flexibility index (Phi) is 6.14. The molecule has 5 rings (SSSR count). The summed E-state index contributed by atoms with van der Waals surface area (Å²) in [5.41, 5.74) is 6.70. The molecule has 4 unspecified atom stereocenters. The van der Waals surface area contributed by atoms with Crippen LogP contribution in [0.3, 0.4) is 0 Å². The second-order valence-corrected chi connectivity index (χ2v) is 8.90. The van der Waals surface area contributed by atoms with Crippen LogP contribution in [0.5, 0.6) is 0 Å². The summed E-state index contributed by atoms with van der Waals surface area (Å²) in [5.74, 6) is -0.614. The Bertz CT molecular complexity index is 1300. The molecule has 2 aromatic carbocycles. The third-order valence-electron chi connectivity index (χ3n) is 6.82. The van der Waals surface area contributed by atoms with Gasteiger partial charge in [0.2, 0.25) is 0 Å². The molecule has 2 amide bonds. The number of hydrazone groups is 2. The van der Waals surface area contributed by atoms with Gasteiger partial charge >= 0.3 is 0 Å². The van der Waals surface area contributed by atoms with Gasteiger partial charge in [-0.05, 0) is 54.7 Å². The standard InChI is InChI=1S/C25H20N6O6/c32-24(14-3-7-18(8-4-14)30(34)35)28-26-20-11-12-21(23-17-2-1-16(13-17)22(20)23)27-29-25(33)15-5-9-19(10-6-15)31(36)37/h1-12,16-17,22-23H,13H2,(H,28,32)(H,29,33)/b26-20+,27-21+. The summed E-state index contributed by atoms with van der Waals surface area (Å²) < 4.78 is 0. The van der Waals surface area contributed by atoms with Crippen molar-refractivity contribution in [1.29, 1.82) is 0 Å². The molecule has 0 aliphatic heterocycles. The molecular weight excluding hydrogens is 480 g/mol. The summed E-state index contributed by atoms with van der Waals surface area (Å²) >= 11 is 0. The Morgan fingerprint density at radius 1 is 0.703 bits per heavy atom. The number of non-ortho nitro benzene ring substituents is 2. The van der Waals surface area contributed by atoms with Crippen molar-refractivity contribution in [3.8, 4) is 0 Å². The van der Waals surface area contributed by atoms with Crippen molar-refractivity contribution in [2.24, 2.45) is 33.9 Å². The van der Waals surface area contributed by atoms with Gasteiger partial charge in [0, 0.05) is 47.2 Å². The molecule has 0 radical (unpaired) electrons. The van der Waals surface area contributed by atoms with Gasteiger partial charge in [-0.2, -0.15) is 10.2 Å².